The topological polar surface area (TPSA) is 41.1 Å². The highest BCUT2D eigenvalue weighted by Crippen LogP contribution is 2.20. The van der Waals surface area contributed by atoms with Crippen molar-refractivity contribution < 1.29 is 4.79 Å². The van der Waals surface area contributed by atoms with E-state index in [-0.39, 0.29) is 11.9 Å². The molecular weight excluding hydrogens is 316 g/mol. The summed E-state index contributed by atoms with van der Waals surface area (Å²) in [5.41, 5.74) is 1.17. The van der Waals surface area contributed by atoms with Gasteiger partial charge in [-0.1, -0.05) is 35.0 Å². The van der Waals surface area contributed by atoms with Gasteiger partial charge in [0.2, 0.25) is 5.91 Å². The van der Waals surface area contributed by atoms with Crippen molar-refractivity contribution in [2.45, 2.75) is 38.6 Å². The van der Waals surface area contributed by atoms with Gasteiger partial charge in [-0.25, -0.2) is 0 Å². The Kier molecular flexibility index (Phi) is 6.05. The predicted molar refractivity (Wildman–Crippen MR) is 85.5 cm³/mol. The second-order valence-electron chi connectivity index (χ2n) is 5.50. The second kappa shape index (κ2) is 7.79. The number of nitrogens with one attached hydrogen (secondary N) is 2. The molecule has 1 fully saturated rings. The third kappa shape index (κ3) is 4.60. The predicted octanol–water partition coefficient (Wildman–Crippen LogP) is 3.41. The molecule has 0 spiro atoms. The minimum atomic E-state index is 0.118. The van der Waals surface area contributed by atoms with Gasteiger partial charge in [-0.05, 0) is 56.0 Å². The van der Waals surface area contributed by atoms with Crippen molar-refractivity contribution in [2.75, 3.05) is 13.1 Å². The van der Waals surface area contributed by atoms with Gasteiger partial charge in [0.1, 0.15) is 0 Å². The SMILES string of the molecule is CCC(NC(=O)CC1CCCNC1)c1ccc(Br)cc1. The maximum Gasteiger partial charge on any atom is 0.220 e. The standard InChI is InChI=1S/C16H23BrN2O/c1-2-15(13-5-7-14(17)8-6-13)19-16(20)10-12-4-3-9-18-11-12/h5-8,12,15,18H,2-4,9-11H2,1H3,(H,19,20). The van der Waals surface area contributed by atoms with Crippen LogP contribution in [-0.4, -0.2) is 19.0 Å². The molecule has 1 aromatic carbocycles. The number of hydrogen-bond donors (Lipinski definition) is 2. The molecule has 4 heteroatoms. The molecule has 3 nitrogen and oxygen atoms in total. The molecule has 1 aliphatic heterocycles. The number of amides is 1. The summed E-state index contributed by atoms with van der Waals surface area (Å²) in [7, 11) is 0. The van der Waals surface area contributed by atoms with E-state index in [0.717, 1.165) is 30.4 Å². The molecule has 0 aromatic heterocycles. The van der Waals surface area contributed by atoms with E-state index in [4.69, 9.17) is 0 Å². The summed E-state index contributed by atoms with van der Waals surface area (Å²) in [6, 6.07) is 8.30. The van der Waals surface area contributed by atoms with Crippen LogP contribution < -0.4 is 10.6 Å². The van der Waals surface area contributed by atoms with Crippen LogP contribution >= 0.6 is 15.9 Å². The Bertz CT molecular complexity index is 427. The largest absolute Gasteiger partial charge is 0.349 e. The molecule has 2 rings (SSSR count). The number of hydrogen-bond acceptors (Lipinski definition) is 2. The van der Waals surface area contributed by atoms with Gasteiger partial charge in [0.25, 0.3) is 0 Å². The number of benzene rings is 1. The van der Waals surface area contributed by atoms with E-state index in [2.05, 4.69) is 45.6 Å². The summed E-state index contributed by atoms with van der Waals surface area (Å²) < 4.78 is 1.07. The number of rotatable bonds is 5. The van der Waals surface area contributed by atoms with Crippen LogP contribution in [0.5, 0.6) is 0 Å². The molecule has 2 unspecified atom stereocenters. The van der Waals surface area contributed by atoms with Gasteiger partial charge < -0.3 is 10.6 Å². The van der Waals surface area contributed by atoms with Crippen LogP contribution in [0, 0.1) is 5.92 Å². The molecule has 1 aliphatic rings. The molecule has 0 aliphatic carbocycles. The van der Waals surface area contributed by atoms with Crippen LogP contribution in [0.2, 0.25) is 0 Å². The number of carbonyl (C=O) groups excluding carboxylic acids is 1. The Balaban J connectivity index is 1.88. The molecule has 0 bridgehead atoms. The highest BCUT2D eigenvalue weighted by molar-refractivity contribution is 9.10. The lowest BCUT2D eigenvalue weighted by Gasteiger charge is -2.24. The van der Waals surface area contributed by atoms with Crippen molar-refractivity contribution in [3.8, 4) is 0 Å². The van der Waals surface area contributed by atoms with E-state index in [9.17, 15) is 4.79 Å². The maximum absolute atomic E-state index is 12.2. The molecular formula is C16H23BrN2O. The summed E-state index contributed by atoms with van der Waals surface area (Å²) in [5, 5.41) is 6.53. The lowest BCUT2D eigenvalue weighted by Crippen LogP contribution is -2.35. The van der Waals surface area contributed by atoms with Crippen LogP contribution in [0.4, 0.5) is 0 Å². The molecule has 2 N–H and O–H groups in total. The molecule has 110 valence electrons. The number of carbonyl (C=O) groups is 1. The Morgan fingerprint density at radius 3 is 2.80 bits per heavy atom. The molecule has 1 aromatic rings. The molecule has 20 heavy (non-hydrogen) atoms. The van der Waals surface area contributed by atoms with E-state index in [1.54, 1.807) is 0 Å². The van der Waals surface area contributed by atoms with Crippen molar-refractivity contribution in [1.82, 2.24) is 10.6 Å². The third-order valence-electron chi connectivity index (χ3n) is 3.89. The number of halogens is 1. The van der Waals surface area contributed by atoms with E-state index < -0.39 is 0 Å². The Hall–Kier alpha value is -0.870. The van der Waals surface area contributed by atoms with Gasteiger partial charge in [0, 0.05) is 10.9 Å². The third-order valence-corrected chi connectivity index (χ3v) is 4.42. The van der Waals surface area contributed by atoms with E-state index >= 15 is 0 Å². The van der Waals surface area contributed by atoms with Crippen molar-refractivity contribution in [3.05, 3.63) is 34.3 Å². The van der Waals surface area contributed by atoms with E-state index in [0.29, 0.717) is 12.3 Å². The average molecular weight is 339 g/mol. The quantitative estimate of drug-likeness (QED) is 0.863. The molecule has 0 saturated carbocycles. The smallest absolute Gasteiger partial charge is 0.220 e. The van der Waals surface area contributed by atoms with E-state index in [1.807, 2.05) is 12.1 Å². The fraction of sp³-hybridized carbons (Fsp3) is 0.562. The lowest BCUT2D eigenvalue weighted by atomic mass is 9.95. The fourth-order valence-electron chi connectivity index (χ4n) is 2.73. The molecule has 2 atom stereocenters. The average Bonchev–Trinajstić information content (AvgIpc) is 2.47. The zero-order valence-electron chi connectivity index (χ0n) is 12.0. The van der Waals surface area contributed by atoms with Gasteiger partial charge in [-0.3, -0.25) is 4.79 Å². The first-order chi connectivity index (χ1) is 9.69. The zero-order chi connectivity index (χ0) is 14.4. The van der Waals surface area contributed by atoms with Crippen LogP contribution in [0.3, 0.4) is 0 Å². The Morgan fingerprint density at radius 1 is 1.45 bits per heavy atom. The maximum atomic E-state index is 12.2. The minimum absolute atomic E-state index is 0.118. The van der Waals surface area contributed by atoms with Gasteiger partial charge >= 0.3 is 0 Å². The normalized spacial score (nSPS) is 20.4. The summed E-state index contributed by atoms with van der Waals surface area (Å²) in [6.07, 6.45) is 3.90. The lowest BCUT2D eigenvalue weighted by molar-refractivity contribution is -0.122. The van der Waals surface area contributed by atoms with Crippen LogP contribution in [-0.2, 0) is 4.79 Å². The van der Waals surface area contributed by atoms with Crippen LogP contribution in [0.25, 0.3) is 0 Å². The van der Waals surface area contributed by atoms with Crippen molar-refractivity contribution in [2.24, 2.45) is 5.92 Å². The molecule has 1 saturated heterocycles. The molecule has 0 radical (unpaired) electrons. The fourth-order valence-corrected chi connectivity index (χ4v) is 2.99. The minimum Gasteiger partial charge on any atom is -0.349 e. The van der Waals surface area contributed by atoms with Crippen molar-refractivity contribution in [1.29, 1.82) is 0 Å². The summed E-state index contributed by atoms with van der Waals surface area (Å²) in [6.45, 7) is 4.17. The summed E-state index contributed by atoms with van der Waals surface area (Å²) in [4.78, 5) is 12.2. The van der Waals surface area contributed by atoms with Crippen LogP contribution in [0.15, 0.2) is 28.7 Å². The van der Waals surface area contributed by atoms with Gasteiger partial charge in [0.15, 0.2) is 0 Å². The summed E-state index contributed by atoms with van der Waals surface area (Å²) in [5.74, 6) is 0.666. The first-order valence-electron chi connectivity index (χ1n) is 7.44. The molecule has 1 amide bonds. The first-order valence-corrected chi connectivity index (χ1v) is 8.24. The van der Waals surface area contributed by atoms with Gasteiger partial charge in [-0.2, -0.15) is 0 Å². The second-order valence-corrected chi connectivity index (χ2v) is 6.41. The van der Waals surface area contributed by atoms with Crippen molar-refractivity contribution >= 4 is 21.8 Å². The van der Waals surface area contributed by atoms with Crippen molar-refractivity contribution in [3.63, 3.8) is 0 Å². The zero-order valence-corrected chi connectivity index (χ0v) is 13.6. The van der Waals surface area contributed by atoms with Gasteiger partial charge in [-0.15, -0.1) is 0 Å². The van der Waals surface area contributed by atoms with E-state index in [1.165, 1.54) is 12.0 Å². The monoisotopic (exact) mass is 338 g/mol. The Morgan fingerprint density at radius 2 is 2.20 bits per heavy atom. The highest BCUT2D eigenvalue weighted by atomic mass is 79.9. The van der Waals surface area contributed by atoms with Gasteiger partial charge in [0.05, 0.1) is 6.04 Å². The number of piperidine rings is 1. The molecule has 1 heterocycles. The van der Waals surface area contributed by atoms with Crippen LogP contribution in [0.1, 0.15) is 44.2 Å². The summed E-state index contributed by atoms with van der Waals surface area (Å²) >= 11 is 3.44. The highest BCUT2D eigenvalue weighted by Gasteiger charge is 2.19. The first kappa shape index (κ1) is 15.5. The Labute approximate surface area is 129 Å².